The molecule has 0 aliphatic heterocycles. The number of hydrogen-bond acceptors (Lipinski definition) is 4. The number of anilines is 1. The number of aromatic carboxylic acids is 1. The maximum absolute atomic E-state index is 10.5. The monoisotopic (exact) mass is 207 g/mol. The number of nitrogens with zero attached hydrogens (tertiary/aromatic N) is 2. The van der Waals surface area contributed by atoms with Crippen molar-refractivity contribution in [2.45, 2.75) is 25.8 Å². The molecule has 0 amide bonds. The first-order valence-corrected chi connectivity index (χ1v) is 4.98. The number of rotatable bonds is 3. The molecule has 5 heteroatoms. The first-order valence-electron chi connectivity index (χ1n) is 4.98. The van der Waals surface area contributed by atoms with Crippen molar-refractivity contribution in [1.82, 2.24) is 9.97 Å². The Morgan fingerprint density at radius 3 is 2.67 bits per heavy atom. The van der Waals surface area contributed by atoms with Gasteiger partial charge in [-0.15, -0.1) is 0 Å². The Morgan fingerprint density at radius 1 is 1.47 bits per heavy atom. The molecule has 1 fully saturated rings. The molecular formula is C10H13N3O2. The van der Waals surface area contributed by atoms with Crippen LogP contribution in [0.15, 0.2) is 12.4 Å². The SMILES string of the molecule is CC1CCC1Nc1cnc(C(=O)O)cn1. The molecule has 1 aromatic rings. The molecule has 0 aromatic carbocycles. The Morgan fingerprint density at radius 2 is 2.27 bits per heavy atom. The van der Waals surface area contributed by atoms with Gasteiger partial charge in [-0.2, -0.15) is 0 Å². The van der Waals surface area contributed by atoms with E-state index < -0.39 is 5.97 Å². The smallest absolute Gasteiger partial charge is 0.356 e. The highest BCUT2D eigenvalue weighted by Crippen LogP contribution is 2.28. The summed E-state index contributed by atoms with van der Waals surface area (Å²) in [6.07, 6.45) is 5.12. The van der Waals surface area contributed by atoms with E-state index in [9.17, 15) is 4.79 Å². The molecule has 15 heavy (non-hydrogen) atoms. The van der Waals surface area contributed by atoms with Crippen molar-refractivity contribution in [1.29, 1.82) is 0 Å². The average molecular weight is 207 g/mol. The third-order valence-corrected chi connectivity index (χ3v) is 2.82. The van der Waals surface area contributed by atoms with E-state index in [1.807, 2.05) is 0 Å². The standard InChI is InChI=1S/C10H13N3O2/c1-6-2-3-7(6)13-9-5-11-8(4-12-9)10(14)15/h4-7H,2-3H2,1H3,(H,12,13)(H,14,15). The minimum atomic E-state index is -1.05. The van der Waals surface area contributed by atoms with Crippen LogP contribution in [0.4, 0.5) is 5.82 Å². The molecule has 2 unspecified atom stereocenters. The highest BCUT2D eigenvalue weighted by atomic mass is 16.4. The molecule has 80 valence electrons. The first-order chi connectivity index (χ1) is 7.16. The van der Waals surface area contributed by atoms with E-state index in [0.29, 0.717) is 17.8 Å². The Labute approximate surface area is 87.6 Å². The van der Waals surface area contributed by atoms with Gasteiger partial charge in [-0.3, -0.25) is 0 Å². The van der Waals surface area contributed by atoms with Gasteiger partial charge in [0.2, 0.25) is 0 Å². The number of carbonyl (C=O) groups is 1. The van der Waals surface area contributed by atoms with Crippen molar-refractivity contribution in [3.05, 3.63) is 18.1 Å². The molecule has 1 heterocycles. The van der Waals surface area contributed by atoms with E-state index in [1.54, 1.807) is 0 Å². The summed E-state index contributed by atoms with van der Waals surface area (Å²) in [5.41, 5.74) is -0.0257. The number of carboxylic acid groups (broad SMARTS) is 1. The zero-order valence-electron chi connectivity index (χ0n) is 8.47. The Bertz CT molecular complexity index is 363. The second-order valence-electron chi connectivity index (χ2n) is 3.90. The highest BCUT2D eigenvalue weighted by molar-refractivity contribution is 5.84. The molecule has 0 saturated heterocycles. The minimum Gasteiger partial charge on any atom is -0.476 e. The summed E-state index contributed by atoms with van der Waals surface area (Å²) in [5.74, 6) is 0.258. The molecule has 0 radical (unpaired) electrons. The number of hydrogen-bond donors (Lipinski definition) is 2. The second kappa shape index (κ2) is 3.84. The van der Waals surface area contributed by atoms with Crippen molar-refractivity contribution < 1.29 is 9.90 Å². The van der Waals surface area contributed by atoms with Crippen molar-refractivity contribution in [3.8, 4) is 0 Å². The van der Waals surface area contributed by atoms with E-state index in [1.165, 1.54) is 18.8 Å². The fraction of sp³-hybridized carbons (Fsp3) is 0.500. The highest BCUT2D eigenvalue weighted by Gasteiger charge is 2.26. The number of carboxylic acids is 1. The molecule has 0 spiro atoms. The van der Waals surface area contributed by atoms with E-state index in [0.717, 1.165) is 6.42 Å². The van der Waals surface area contributed by atoms with Crippen LogP contribution < -0.4 is 5.32 Å². The van der Waals surface area contributed by atoms with Crippen LogP contribution in [0.25, 0.3) is 0 Å². The summed E-state index contributed by atoms with van der Waals surface area (Å²) in [4.78, 5) is 18.3. The normalized spacial score (nSPS) is 24.3. The van der Waals surface area contributed by atoms with E-state index >= 15 is 0 Å². The van der Waals surface area contributed by atoms with Crippen LogP contribution in [-0.4, -0.2) is 27.1 Å². The summed E-state index contributed by atoms with van der Waals surface area (Å²) in [6, 6.07) is 0.454. The van der Waals surface area contributed by atoms with Gasteiger partial charge in [0.05, 0.1) is 12.4 Å². The van der Waals surface area contributed by atoms with Crippen molar-refractivity contribution in [2.24, 2.45) is 5.92 Å². The van der Waals surface area contributed by atoms with Crippen LogP contribution in [0, 0.1) is 5.92 Å². The Hall–Kier alpha value is -1.65. The summed E-state index contributed by atoms with van der Waals surface area (Å²) < 4.78 is 0. The van der Waals surface area contributed by atoms with E-state index in [2.05, 4.69) is 22.2 Å². The first kappa shape index (κ1) is 9.89. The zero-order chi connectivity index (χ0) is 10.8. The summed E-state index contributed by atoms with van der Waals surface area (Å²) >= 11 is 0. The molecule has 5 nitrogen and oxygen atoms in total. The molecule has 1 aromatic heterocycles. The van der Waals surface area contributed by atoms with Gasteiger partial charge in [-0.1, -0.05) is 6.92 Å². The third kappa shape index (κ3) is 2.06. The molecule has 1 aliphatic carbocycles. The largest absolute Gasteiger partial charge is 0.476 e. The second-order valence-corrected chi connectivity index (χ2v) is 3.90. The predicted octanol–water partition coefficient (Wildman–Crippen LogP) is 1.39. The molecule has 2 rings (SSSR count). The molecule has 1 saturated carbocycles. The Balaban J connectivity index is 2.01. The lowest BCUT2D eigenvalue weighted by Gasteiger charge is -2.34. The predicted molar refractivity (Wildman–Crippen MR) is 54.8 cm³/mol. The summed E-state index contributed by atoms with van der Waals surface area (Å²) in [7, 11) is 0. The van der Waals surface area contributed by atoms with Crippen LogP contribution in [0.3, 0.4) is 0 Å². The lowest BCUT2D eigenvalue weighted by molar-refractivity contribution is 0.0690. The molecule has 0 bridgehead atoms. The molecule has 2 N–H and O–H groups in total. The average Bonchev–Trinajstić information content (AvgIpc) is 2.24. The Kier molecular flexibility index (Phi) is 2.53. The van der Waals surface area contributed by atoms with Gasteiger partial charge in [-0.05, 0) is 18.8 Å². The third-order valence-electron chi connectivity index (χ3n) is 2.82. The van der Waals surface area contributed by atoms with Crippen LogP contribution in [0.1, 0.15) is 30.3 Å². The lowest BCUT2D eigenvalue weighted by atomic mass is 9.81. The molecular weight excluding hydrogens is 194 g/mol. The van der Waals surface area contributed by atoms with Crippen molar-refractivity contribution in [3.63, 3.8) is 0 Å². The maximum Gasteiger partial charge on any atom is 0.356 e. The fourth-order valence-corrected chi connectivity index (χ4v) is 1.58. The van der Waals surface area contributed by atoms with Gasteiger partial charge in [0.15, 0.2) is 5.69 Å². The lowest BCUT2D eigenvalue weighted by Crippen LogP contribution is -2.36. The quantitative estimate of drug-likeness (QED) is 0.783. The van der Waals surface area contributed by atoms with Crippen molar-refractivity contribution >= 4 is 11.8 Å². The van der Waals surface area contributed by atoms with Gasteiger partial charge < -0.3 is 10.4 Å². The van der Waals surface area contributed by atoms with E-state index in [4.69, 9.17) is 5.11 Å². The zero-order valence-corrected chi connectivity index (χ0v) is 8.47. The topological polar surface area (TPSA) is 75.1 Å². The van der Waals surface area contributed by atoms with Crippen LogP contribution >= 0.6 is 0 Å². The van der Waals surface area contributed by atoms with Gasteiger partial charge >= 0.3 is 5.97 Å². The van der Waals surface area contributed by atoms with Crippen molar-refractivity contribution in [2.75, 3.05) is 5.32 Å². The van der Waals surface area contributed by atoms with Gasteiger partial charge in [-0.25, -0.2) is 14.8 Å². The molecule has 1 aliphatic rings. The number of nitrogens with one attached hydrogen (secondary N) is 1. The summed E-state index contributed by atoms with van der Waals surface area (Å²) in [6.45, 7) is 2.18. The van der Waals surface area contributed by atoms with Gasteiger partial charge in [0.1, 0.15) is 5.82 Å². The summed E-state index contributed by atoms with van der Waals surface area (Å²) in [5, 5.41) is 11.9. The minimum absolute atomic E-state index is 0.0257. The maximum atomic E-state index is 10.5. The van der Waals surface area contributed by atoms with E-state index in [-0.39, 0.29) is 5.69 Å². The number of aromatic nitrogens is 2. The van der Waals surface area contributed by atoms with Gasteiger partial charge in [0, 0.05) is 6.04 Å². The van der Waals surface area contributed by atoms with Crippen LogP contribution in [0.5, 0.6) is 0 Å². The molecule has 2 atom stereocenters. The van der Waals surface area contributed by atoms with Gasteiger partial charge in [0.25, 0.3) is 0 Å². The van der Waals surface area contributed by atoms with Crippen LogP contribution in [-0.2, 0) is 0 Å². The van der Waals surface area contributed by atoms with Crippen LogP contribution in [0.2, 0.25) is 0 Å². The fourth-order valence-electron chi connectivity index (χ4n) is 1.58.